The lowest BCUT2D eigenvalue weighted by Gasteiger charge is -2.14. The monoisotopic (exact) mass is 149 g/mol. The second-order valence-corrected chi connectivity index (χ2v) is 3.65. The predicted octanol–water partition coefficient (Wildman–Crippen LogP) is 2.45. The van der Waals surface area contributed by atoms with Crippen LogP contribution in [0.1, 0.15) is 27.2 Å². The predicted molar refractivity (Wildman–Crippen MR) is 39.1 cm³/mol. The second kappa shape index (κ2) is 3.06. The van der Waals surface area contributed by atoms with Crippen molar-refractivity contribution in [3.63, 3.8) is 0 Å². The van der Waals surface area contributed by atoms with Crippen LogP contribution in [0.15, 0.2) is 5.16 Å². The van der Waals surface area contributed by atoms with Crippen molar-refractivity contribution in [2.24, 2.45) is 10.6 Å². The summed E-state index contributed by atoms with van der Waals surface area (Å²) in [6.45, 7) is 6.08. The van der Waals surface area contributed by atoms with Crippen molar-refractivity contribution in [2.75, 3.05) is 0 Å². The lowest BCUT2D eigenvalue weighted by molar-refractivity contribution is 0.315. The maximum Gasteiger partial charge on any atom is 0.145 e. The molecule has 0 rings (SSSR count). The summed E-state index contributed by atoms with van der Waals surface area (Å²) in [5.41, 5.74) is 0.101. The van der Waals surface area contributed by atoms with Gasteiger partial charge in [-0.1, -0.05) is 37.5 Å². The molecule has 2 nitrogen and oxygen atoms in total. The first-order valence-corrected chi connectivity index (χ1v) is 3.20. The summed E-state index contributed by atoms with van der Waals surface area (Å²) in [5, 5.41) is 11.3. The first-order valence-electron chi connectivity index (χ1n) is 2.82. The fourth-order valence-electron chi connectivity index (χ4n) is 0.473. The molecule has 0 atom stereocenters. The molecule has 0 aromatic rings. The number of hydrogen-bond donors (Lipinski definition) is 1. The Balaban J connectivity index is 3.75. The third kappa shape index (κ3) is 5.63. The molecule has 3 heteroatoms. The molecule has 9 heavy (non-hydrogen) atoms. The SMILES string of the molecule is CC(C)(C)CC(Cl)=NO. The molecular formula is C6H12ClNO. The van der Waals surface area contributed by atoms with Gasteiger partial charge in [0.25, 0.3) is 0 Å². The van der Waals surface area contributed by atoms with Crippen LogP contribution in [0.4, 0.5) is 0 Å². The quantitative estimate of drug-likeness (QED) is 0.347. The lowest BCUT2D eigenvalue weighted by Crippen LogP contribution is -2.08. The van der Waals surface area contributed by atoms with Crippen molar-refractivity contribution >= 4 is 16.8 Å². The highest BCUT2D eigenvalue weighted by Crippen LogP contribution is 2.20. The first-order chi connectivity index (χ1) is 3.95. The maximum absolute atomic E-state index is 8.15. The Morgan fingerprint density at radius 3 is 2.11 bits per heavy atom. The van der Waals surface area contributed by atoms with E-state index in [0.29, 0.717) is 6.42 Å². The van der Waals surface area contributed by atoms with Crippen molar-refractivity contribution in [2.45, 2.75) is 27.2 Å². The summed E-state index contributed by atoms with van der Waals surface area (Å²) in [7, 11) is 0. The van der Waals surface area contributed by atoms with Crippen molar-refractivity contribution in [1.82, 2.24) is 0 Å². The molecule has 0 amide bonds. The molecule has 0 heterocycles. The Morgan fingerprint density at radius 1 is 1.56 bits per heavy atom. The fourth-order valence-corrected chi connectivity index (χ4v) is 0.874. The van der Waals surface area contributed by atoms with E-state index in [2.05, 4.69) is 5.16 Å². The van der Waals surface area contributed by atoms with Crippen LogP contribution in [0.5, 0.6) is 0 Å². The third-order valence-corrected chi connectivity index (χ3v) is 0.994. The summed E-state index contributed by atoms with van der Waals surface area (Å²) in [4.78, 5) is 0. The van der Waals surface area contributed by atoms with Crippen molar-refractivity contribution < 1.29 is 5.21 Å². The molecule has 0 spiro atoms. The highest BCUT2D eigenvalue weighted by atomic mass is 35.5. The van der Waals surface area contributed by atoms with Crippen LogP contribution in [0.3, 0.4) is 0 Å². The zero-order valence-corrected chi connectivity index (χ0v) is 6.74. The maximum atomic E-state index is 8.15. The summed E-state index contributed by atoms with van der Waals surface area (Å²) >= 11 is 5.45. The standard InChI is InChI=1S/C6H12ClNO/c1-6(2,3)4-5(7)8-9/h9H,4H2,1-3H3. The molecule has 0 aromatic heterocycles. The molecule has 0 radical (unpaired) electrons. The molecule has 0 unspecified atom stereocenters. The average Bonchev–Trinajstić information content (AvgIpc) is 1.62. The van der Waals surface area contributed by atoms with Crippen molar-refractivity contribution in [3.8, 4) is 0 Å². The van der Waals surface area contributed by atoms with E-state index in [9.17, 15) is 0 Å². The summed E-state index contributed by atoms with van der Waals surface area (Å²) in [5.74, 6) is 0. The molecule has 0 bridgehead atoms. The van der Waals surface area contributed by atoms with E-state index in [1.807, 2.05) is 20.8 Å². The Hall–Kier alpha value is -0.240. The minimum atomic E-state index is 0.101. The van der Waals surface area contributed by atoms with Gasteiger partial charge in [0, 0.05) is 6.42 Å². The molecule has 0 aromatic carbocycles. The fraction of sp³-hybridized carbons (Fsp3) is 0.833. The number of oxime groups is 1. The minimum absolute atomic E-state index is 0.101. The molecule has 0 aliphatic rings. The Bertz CT molecular complexity index is 115. The number of nitrogens with zero attached hydrogens (tertiary/aromatic N) is 1. The minimum Gasteiger partial charge on any atom is -0.410 e. The summed E-state index contributed by atoms with van der Waals surface area (Å²) < 4.78 is 0. The van der Waals surface area contributed by atoms with Gasteiger partial charge >= 0.3 is 0 Å². The van der Waals surface area contributed by atoms with E-state index in [1.165, 1.54) is 0 Å². The van der Waals surface area contributed by atoms with E-state index in [0.717, 1.165) is 0 Å². The zero-order chi connectivity index (χ0) is 7.49. The molecule has 0 saturated carbocycles. The molecule has 0 saturated heterocycles. The molecule has 0 aliphatic heterocycles. The van der Waals surface area contributed by atoms with Crippen LogP contribution >= 0.6 is 11.6 Å². The third-order valence-electron chi connectivity index (χ3n) is 0.785. The van der Waals surface area contributed by atoms with Gasteiger partial charge in [0.1, 0.15) is 5.17 Å². The Morgan fingerprint density at radius 2 is 2.00 bits per heavy atom. The average molecular weight is 150 g/mol. The second-order valence-electron chi connectivity index (χ2n) is 3.21. The van der Waals surface area contributed by atoms with Crippen molar-refractivity contribution in [3.05, 3.63) is 0 Å². The molecule has 0 aliphatic carbocycles. The van der Waals surface area contributed by atoms with E-state index in [1.54, 1.807) is 0 Å². The van der Waals surface area contributed by atoms with Crippen LogP contribution < -0.4 is 0 Å². The van der Waals surface area contributed by atoms with E-state index in [-0.39, 0.29) is 10.6 Å². The van der Waals surface area contributed by atoms with Gasteiger partial charge in [-0.05, 0) is 5.41 Å². The van der Waals surface area contributed by atoms with Gasteiger partial charge in [-0.2, -0.15) is 0 Å². The number of hydrogen-bond acceptors (Lipinski definition) is 2. The lowest BCUT2D eigenvalue weighted by atomic mass is 9.93. The van der Waals surface area contributed by atoms with Gasteiger partial charge in [0.2, 0.25) is 0 Å². The smallest absolute Gasteiger partial charge is 0.145 e. The molecule has 54 valence electrons. The summed E-state index contributed by atoms with van der Waals surface area (Å²) in [6, 6.07) is 0. The van der Waals surface area contributed by atoms with Gasteiger partial charge in [0.05, 0.1) is 0 Å². The number of rotatable bonds is 1. The van der Waals surface area contributed by atoms with Gasteiger partial charge < -0.3 is 5.21 Å². The highest BCUT2D eigenvalue weighted by Gasteiger charge is 2.12. The van der Waals surface area contributed by atoms with Gasteiger partial charge in [0.15, 0.2) is 0 Å². The molecule has 0 fully saturated rings. The number of halogens is 1. The topological polar surface area (TPSA) is 32.6 Å². The van der Waals surface area contributed by atoms with Crippen LogP contribution in [-0.4, -0.2) is 10.4 Å². The molecule has 1 N–H and O–H groups in total. The van der Waals surface area contributed by atoms with Gasteiger partial charge in [-0.3, -0.25) is 0 Å². The Kier molecular flexibility index (Phi) is 2.98. The Labute approximate surface area is 60.5 Å². The van der Waals surface area contributed by atoms with E-state index >= 15 is 0 Å². The normalized spacial score (nSPS) is 14.0. The van der Waals surface area contributed by atoms with E-state index < -0.39 is 0 Å². The first kappa shape index (κ1) is 8.76. The van der Waals surface area contributed by atoms with Crippen LogP contribution in [0.25, 0.3) is 0 Å². The highest BCUT2D eigenvalue weighted by molar-refractivity contribution is 6.65. The zero-order valence-electron chi connectivity index (χ0n) is 5.98. The summed E-state index contributed by atoms with van der Waals surface area (Å²) in [6.07, 6.45) is 0.616. The van der Waals surface area contributed by atoms with Crippen LogP contribution in [0, 0.1) is 5.41 Å². The van der Waals surface area contributed by atoms with Crippen LogP contribution in [-0.2, 0) is 0 Å². The van der Waals surface area contributed by atoms with Crippen molar-refractivity contribution in [1.29, 1.82) is 0 Å². The van der Waals surface area contributed by atoms with Crippen LogP contribution in [0.2, 0.25) is 0 Å². The molecular weight excluding hydrogens is 138 g/mol. The van der Waals surface area contributed by atoms with Gasteiger partial charge in [-0.25, -0.2) is 0 Å². The van der Waals surface area contributed by atoms with E-state index in [4.69, 9.17) is 16.8 Å². The van der Waals surface area contributed by atoms with Gasteiger partial charge in [-0.15, -0.1) is 0 Å². The largest absolute Gasteiger partial charge is 0.410 e.